The van der Waals surface area contributed by atoms with Gasteiger partial charge in [-0.25, -0.2) is 4.99 Å². The summed E-state index contributed by atoms with van der Waals surface area (Å²) < 4.78 is 0. The van der Waals surface area contributed by atoms with Crippen molar-refractivity contribution in [2.75, 3.05) is 0 Å². The summed E-state index contributed by atoms with van der Waals surface area (Å²) in [7, 11) is 0. The Bertz CT molecular complexity index is 735. The van der Waals surface area contributed by atoms with Crippen molar-refractivity contribution in [3.05, 3.63) is 52.7 Å². The first-order valence-corrected chi connectivity index (χ1v) is 10.4. The summed E-state index contributed by atoms with van der Waals surface area (Å²) >= 11 is 6.44. The Labute approximate surface area is 171 Å². The van der Waals surface area contributed by atoms with Crippen molar-refractivity contribution in [1.29, 1.82) is 0 Å². The Kier molecular flexibility index (Phi) is 10.3. The largest absolute Gasteiger partial charge is 0.252 e. The minimum Gasteiger partial charge on any atom is -0.252 e. The molecule has 2 rings (SSSR count). The number of aryl methyl sites for hydroxylation is 2. The average molecular weight is 387 g/mol. The van der Waals surface area contributed by atoms with Crippen LogP contribution in [0.15, 0.2) is 51.6 Å². The zero-order valence-corrected chi connectivity index (χ0v) is 18.8. The molecule has 1 aromatic rings. The minimum atomic E-state index is 0.500. The first kappa shape index (κ1) is 23.4. The van der Waals surface area contributed by atoms with E-state index in [1.807, 2.05) is 32.9 Å². The van der Waals surface area contributed by atoms with E-state index in [1.54, 1.807) is 0 Å². The lowest BCUT2D eigenvalue weighted by Crippen LogP contribution is -2.09. The van der Waals surface area contributed by atoms with Crippen LogP contribution < -0.4 is 0 Å². The van der Waals surface area contributed by atoms with Crippen LogP contribution in [-0.2, 0) is 0 Å². The van der Waals surface area contributed by atoms with Gasteiger partial charge in [-0.2, -0.15) is 0 Å². The van der Waals surface area contributed by atoms with Crippen LogP contribution in [0.5, 0.6) is 0 Å². The maximum absolute atomic E-state index is 6.44. The van der Waals surface area contributed by atoms with E-state index in [9.17, 15) is 0 Å². The number of benzene rings is 1. The van der Waals surface area contributed by atoms with Crippen molar-refractivity contribution in [2.24, 2.45) is 15.9 Å². The van der Waals surface area contributed by atoms with Crippen LogP contribution in [0.2, 0.25) is 0 Å². The van der Waals surface area contributed by atoms with Crippen molar-refractivity contribution >= 4 is 28.2 Å². The second kappa shape index (κ2) is 11.9. The molecule has 0 spiro atoms. The molecule has 0 saturated heterocycles. The Morgan fingerprint density at radius 3 is 2.26 bits per heavy atom. The van der Waals surface area contributed by atoms with E-state index >= 15 is 0 Å². The van der Waals surface area contributed by atoms with E-state index in [0.29, 0.717) is 5.17 Å². The van der Waals surface area contributed by atoms with Crippen molar-refractivity contribution < 1.29 is 0 Å². The number of rotatable bonds is 6. The average Bonchev–Trinajstić information content (AvgIpc) is 3.40. The van der Waals surface area contributed by atoms with Crippen LogP contribution in [0.25, 0.3) is 0 Å². The number of aliphatic imine (C=N–C) groups is 2. The van der Waals surface area contributed by atoms with E-state index in [0.717, 1.165) is 41.4 Å². The lowest BCUT2D eigenvalue weighted by molar-refractivity contribution is 0.983. The van der Waals surface area contributed by atoms with Gasteiger partial charge < -0.3 is 0 Å². The van der Waals surface area contributed by atoms with E-state index in [-0.39, 0.29) is 0 Å². The van der Waals surface area contributed by atoms with Gasteiger partial charge in [0.25, 0.3) is 0 Å². The minimum absolute atomic E-state index is 0.500. The molecule has 0 unspecified atom stereocenters. The molecule has 0 aliphatic heterocycles. The third kappa shape index (κ3) is 8.71. The van der Waals surface area contributed by atoms with Gasteiger partial charge in [0, 0.05) is 11.3 Å². The highest BCUT2D eigenvalue weighted by Gasteiger charge is 2.13. The molecular weight excluding hydrogens is 352 g/mol. The summed E-state index contributed by atoms with van der Waals surface area (Å²) in [5.41, 5.74) is 6.21. The molecule has 1 aliphatic carbocycles. The van der Waals surface area contributed by atoms with Gasteiger partial charge >= 0.3 is 0 Å². The molecule has 1 aliphatic rings. The van der Waals surface area contributed by atoms with Crippen LogP contribution in [0.3, 0.4) is 0 Å². The van der Waals surface area contributed by atoms with Crippen LogP contribution in [0, 0.1) is 19.8 Å². The fourth-order valence-electron chi connectivity index (χ4n) is 2.41. The third-order valence-electron chi connectivity index (χ3n) is 4.47. The first-order chi connectivity index (χ1) is 12.8. The van der Waals surface area contributed by atoms with Crippen molar-refractivity contribution in [3.8, 4) is 0 Å². The topological polar surface area (TPSA) is 24.7 Å². The molecule has 3 heteroatoms. The van der Waals surface area contributed by atoms with Crippen LogP contribution >= 0.6 is 11.6 Å². The molecule has 148 valence electrons. The van der Waals surface area contributed by atoms with Crippen molar-refractivity contribution in [3.63, 3.8) is 0 Å². The molecule has 0 N–H and O–H groups in total. The van der Waals surface area contributed by atoms with Crippen LogP contribution in [0.4, 0.5) is 5.69 Å². The zero-order valence-electron chi connectivity index (χ0n) is 18.1. The van der Waals surface area contributed by atoms with Gasteiger partial charge in [-0.05, 0) is 58.6 Å². The highest BCUT2D eigenvalue weighted by atomic mass is 35.5. The number of nitrogens with zero attached hydrogens (tertiary/aromatic N) is 2. The summed E-state index contributed by atoms with van der Waals surface area (Å²) in [6.07, 6.45) is 8.78. The molecule has 1 saturated carbocycles. The van der Waals surface area contributed by atoms with Gasteiger partial charge in [0.15, 0.2) is 0 Å². The smallest absolute Gasteiger partial charge is 0.138 e. The standard InChI is InChI=1S/C20H27ClN2.C4H8/c1-7-10-19(17(9-3)20(21)22-16(6)8-2)23-18-12-11-14(4)13-15(18)5;1-4-2-3-4/h8-9,11-13H,7,10H2,1-6H3;4H,2-3H2,1H3/b16-8-,17-9-,22-20-,23-19?;. The molecule has 1 aromatic carbocycles. The van der Waals surface area contributed by atoms with Gasteiger partial charge in [0.1, 0.15) is 5.17 Å². The zero-order chi connectivity index (χ0) is 20.4. The Balaban J connectivity index is 0.000000800. The maximum atomic E-state index is 6.44. The molecule has 2 nitrogen and oxygen atoms in total. The maximum Gasteiger partial charge on any atom is 0.138 e. The first-order valence-electron chi connectivity index (χ1n) is 10.0. The predicted molar refractivity (Wildman–Crippen MR) is 123 cm³/mol. The normalized spacial score (nSPS) is 16.1. The summed E-state index contributed by atoms with van der Waals surface area (Å²) in [5, 5.41) is 0.500. The van der Waals surface area contributed by atoms with Gasteiger partial charge in [-0.1, -0.05) is 74.6 Å². The Hall–Kier alpha value is -1.67. The summed E-state index contributed by atoms with van der Waals surface area (Å²) in [5.74, 6) is 1.08. The van der Waals surface area contributed by atoms with Crippen LogP contribution in [0.1, 0.15) is 71.4 Å². The molecule has 0 bridgehead atoms. The van der Waals surface area contributed by atoms with Gasteiger partial charge in [-0.3, -0.25) is 4.99 Å². The SMILES string of the molecule is CC1CC1.C\C=C(C)/N=C(Cl)/C(=C\C)C(CCC)=Nc1ccc(C)cc1C. The van der Waals surface area contributed by atoms with E-state index in [2.05, 4.69) is 50.9 Å². The molecule has 27 heavy (non-hydrogen) atoms. The monoisotopic (exact) mass is 386 g/mol. The molecule has 0 heterocycles. The number of hydrogen-bond acceptors (Lipinski definition) is 2. The highest BCUT2D eigenvalue weighted by Crippen LogP contribution is 2.26. The predicted octanol–water partition coefficient (Wildman–Crippen LogP) is 8.10. The number of halogens is 1. The molecule has 1 fully saturated rings. The van der Waals surface area contributed by atoms with Crippen molar-refractivity contribution in [1.82, 2.24) is 0 Å². The van der Waals surface area contributed by atoms with Gasteiger partial charge in [-0.15, -0.1) is 0 Å². The Morgan fingerprint density at radius 1 is 1.19 bits per heavy atom. The van der Waals surface area contributed by atoms with Gasteiger partial charge in [0.2, 0.25) is 0 Å². The number of allylic oxidation sites excluding steroid dienone is 4. The lowest BCUT2D eigenvalue weighted by atomic mass is 10.1. The Morgan fingerprint density at radius 2 is 1.81 bits per heavy atom. The summed E-state index contributed by atoms with van der Waals surface area (Å²) in [4.78, 5) is 9.32. The fraction of sp³-hybridized carbons (Fsp3) is 0.500. The van der Waals surface area contributed by atoms with Crippen molar-refractivity contribution in [2.45, 2.75) is 74.1 Å². The summed E-state index contributed by atoms with van der Waals surface area (Å²) in [6.45, 7) is 14.5. The quantitative estimate of drug-likeness (QED) is 0.441. The molecular formula is C24H35ClN2. The van der Waals surface area contributed by atoms with Crippen LogP contribution in [-0.4, -0.2) is 10.9 Å². The lowest BCUT2D eigenvalue weighted by Gasteiger charge is -2.11. The third-order valence-corrected chi connectivity index (χ3v) is 4.76. The van der Waals surface area contributed by atoms with E-state index < -0.39 is 0 Å². The van der Waals surface area contributed by atoms with E-state index in [1.165, 1.54) is 24.0 Å². The number of hydrogen-bond donors (Lipinski definition) is 0. The second-order valence-electron chi connectivity index (χ2n) is 7.32. The molecule has 0 radical (unpaired) electrons. The molecule has 0 amide bonds. The fourth-order valence-corrected chi connectivity index (χ4v) is 2.77. The molecule has 0 atom stereocenters. The molecule has 0 aromatic heterocycles. The second-order valence-corrected chi connectivity index (χ2v) is 7.67. The van der Waals surface area contributed by atoms with Gasteiger partial charge in [0.05, 0.1) is 11.4 Å². The van der Waals surface area contributed by atoms with E-state index in [4.69, 9.17) is 16.6 Å². The highest BCUT2D eigenvalue weighted by molar-refractivity contribution is 6.72. The summed E-state index contributed by atoms with van der Waals surface area (Å²) in [6, 6.07) is 6.30.